The Kier molecular flexibility index (Phi) is 4.44. The average Bonchev–Trinajstić information content (AvgIpc) is 3.04. The minimum absolute atomic E-state index is 0.229. The van der Waals surface area contributed by atoms with Gasteiger partial charge in [-0.3, -0.25) is 4.79 Å². The number of fused-ring (bicyclic) bond motifs is 1. The van der Waals surface area contributed by atoms with E-state index in [-0.39, 0.29) is 11.4 Å². The number of amides is 1. The Morgan fingerprint density at radius 2 is 1.88 bits per heavy atom. The number of aryl methyl sites for hydroxylation is 2. The van der Waals surface area contributed by atoms with Crippen molar-refractivity contribution in [1.82, 2.24) is 5.32 Å². The number of halogens is 1. The van der Waals surface area contributed by atoms with Crippen molar-refractivity contribution in [2.24, 2.45) is 0 Å². The van der Waals surface area contributed by atoms with Crippen LogP contribution in [-0.4, -0.2) is 23.6 Å². The fourth-order valence-corrected chi connectivity index (χ4v) is 2.97. The zero-order valence-electron chi connectivity index (χ0n) is 13.9. The number of aliphatic carboxylic acids is 1. The Balaban J connectivity index is 1.87. The molecule has 3 rings (SSSR count). The molecule has 1 atom stereocenters. The maximum absolute atomic E-state index is 13.7. The molecular formula is C19H18FNO4. The van der Waals surface area contributed by atoms with E-state index in [2.05, 4.69) is 5.32 Å². The lowest BCUT2D eigenvalue weighted by atomic mass is 10.0. The number of ether oxygens (including phenoxy) is 1. The minimum atomic E-state index is -1.19. The molecule has 0 radical (unpaired) electrons. The van der Waals surface area contributed by atoms with Crippen LogP contribution in [0.1, 0.15) is 38.7 Å². The third kappa shape index (κ3) is 3.33. The Hall–Kier alpha value is -2.89. The molecule has 2 aromatic rings. The van der Waals surface area contributed by atoms with Crippen molar-refractivity contribution in [2.75, 3.05) is 6.61 Å². The van der Waals surface area contributed by atoms with Gasteiger partial charge in [-0.05, 0) is 60.4 Å². The molecule has 2 aromatic carbocycles. The van der Waals surface area contributed by atoms with Gasteiger partial charge >= 0.3 is 5.97 Å². The van der Waals surface area contributed by atoms with E-state index in [1.807, 2.05) is 0 Å². The summed E-state index contributed by atoms with van der Waals surface area (Å²) in [6.45, 7) is 3.69. The summed E-state index contributed by atoms with van der Waals surface area (Å²) >= 11 is 0. The van der Waals surface area contributed by atoms with Crippen molar-refractivity contribution in [3.63, 3.8) is 0 Å². The molecular weight excluding hydrogens is 325 g/mol. The van der Waals surface area contributed by atoms with Crippen LogP contribution in [0.3, 0.4) is 0 Å². The van der Waals surface area contributed by atoms with E-state index in [0.29, 0.717) is 29.7 Å². The van der Waals surface area contributed by atoms with Gasteiger partial charge in [0.15, 0.2) is 6.04 Å². The molecule has 1 heterocycles. The van der Waals surface area contributed by atoms with Gasteiger partial charge in [-0.15, -0.1) is 0 Å². The predicted molar refractivity (Wildman–Crippen MR) is 89.4 cm³/mol. The predicted octanol–water partition coefficient (Wildman–Crippen LogP) is 2.93. The van der Waals surface area contributed by atoms with E-state index in [1.165, 1.54) is 12.1 Å². The van der Waals surface area contributed by atoms with Gasteiger partial charge in [0.2, 0.25) is 0 Å². The molecule has 5 nitrogen and oxygen atoms in total. The molecule has 6 heteroatoms. The summed E-state index contributed by atoms with van der Waals surface area (Å²) in [5.41, 5.74) is 2.30. The monoisotopic (exact) mass is 343 g/mol. The number of nitrogens with one attached hydrogen (secondary N) is 1. The quantitative estimate of drug-likeness (QED) is 0.895. The topological polar surface area (TPSA) is 75.6 Å². The summed E-state index contributed by atoms with van der Waals surface area (Å²) in [7, 11) is 0. The molecule has 0 spiro atoms. The summed E-state index contributed by atoms with van der Waals surface area (Å²) in [5.74, 6) is -1.35. The Morgan fingerprint density at radius 1 is 1.20 bits per heavy atom. The Morgan fingerprint density at radius 3 is 2.52 bits per heavy atom. The first-order valence-electron chi connectivity index (χ1n) is 7.93. The van der Waals surface area contributed by atoms with Gasteiger partial charge in [-0.2, -0.15) is 0 Å². The first kappa shape index (κ1) is 17.0. The zero-order chi connectivity index (χ0) is 18.1. The molecule has 1 unspecified atom stereocenters. The van der Waals surface area contributed by atoms with Crippen molar-refractivity contribution in [1.29, 1.82) is 0 Å². The van der Waals surface area contributed by atoms with Gasteiger partial charge in [-0.1, -0.05) is 6.07 Å². The normalized spacial score (nSPS) is 13.7. The van der Waals surface area contributed by atoms with E-state index in [1.54, 1.807) is 32.0 Å². The third-order valence-electron chi connectivity index (χ3n) is 4.27. The maximum Gasteiger partial charge on any atom is 0.330 e. The lowest BCUT2D eigenvalue weighted by Gasteiger charge is -2.16. The molecule has 1 aliphatic heterocycles. The van der Waals surface area contributed by atoms with Crippen LogP contribution in [0.2, 0.25) is 0 Å². The lowest BCUT2D eigenvalue weighted by molar-refractivity contribution is -0.139. The van der Waals surface area contributed by atoms with Crippen molar-refractivity contribution in [3.05, 3.63) is 64.0 Å². The second-order valence-electron chi connectivity index (χ2n) is 6.13. The van der Waals surface area contributed by atoms with Crippen LogP contribution < -0.4 is 10.1 Å². The van der Waals surface area contributed by atoms with Crippen LogP contribution >= 0.6 is 0 Å². The van der Waals surface area contributed by atoms with Gasteiger partial charge < -0.3 is 15.2 Å². The summed E-state index contributed by atoms with van der Waals surface area (Å²) in [6, 6.07) is 6.71. The molecule has 0 bridgehead atoms. The molecule has 0 saturated heterocycles. The summed E-state index contributed by atoms with van der Waals surface area (Å²) in [6.07, 6.45) is 0.708. The molecule has 0 aliphatic carbocycles. The Bertz CT molecular complexity index is 839. The van der Waals surface area contributed by atoms with Crippen LogP contribution in [0.25, 0.3) is 0 Å². The van der Waals surface area contributed by atoms with Crippen molar-refractivity contribution in [2.45, 2.75) is 26.3 Å². The van der Waals surface area contributed by atoms with Crippen molar-refractivity contribution >= 4 is 11.9 Å². The standard InChI is InChI=1S/C19H18FNO4/c1-10-7-14(8-11(2)16(10)20)18(22)21-17(19(23)24)13-3-4-15-12(9-13)5-6-25-15/h3-4,7-9,17H,5-6H2,1-2H3,(H,21,22)(H,23,24). The number of benzene rings is 2. The smallest absolute Gasteiger partial charge is 0.330 e. The second kappa shape index (κ2) is 6.55. The molecule has 0 saturated carbocycles. The highest BCUT2D eigenvalue weighted by Crippen LogP contribution is 2.28. The van der Waals surface area contributed by atoms with Gasteiger partial charge in [0.05, 0.1) is 6.61 Å². The maximum atomic E-state index is 13.7. The first-order chi connectivity index (χ1) is 11.9. The highest BCUT2D eigenvalue weighted by Gasteiger charge is 2.25. The average molecular weight is 343 g/mol. The number of hydrogen-bond donors (Lipinski definition) is 2. The molecule has 1 aliphatic rings. The van der Waals surface area contributed by atoms with E-state index < -0.39 is 17.9 Å². The number of carboxylic acid groups (broad SMARTS) is 1. The molecule has 0 fully saturated rings. The fourth-order valence-electron chi connectivity index (χ4n) is 2.97. The van der Waals surface area contributed by atoms with Crippen LogP contribution in [-0.2, 0) is 11.2 Å². The third-order valence-corrected chi connectivity index (χ3v) is 4.27. The summed E-state index contributed by atoms with van der Waals surface area (Å²) in [4.78, 5) is 24.1. The largest absolute Gasteiger partial charge is 0.493 e. The number of rotatable bonds is 4. The van der Waals surface area contributed by atoms with Crippen molar-refractivity contribution < 1.29 is 23.8 Å². The number of carboxylic acids is 1. The van der Waals surface area contributed by atoms with E-state index >= 15 is 0 Å². The number of hydrogen-bond acceptors (Lipinski definition) is 3. The molecule has 130 valence electrons. The highest BCUT2D eigenvalue weighted by atomic mass is 19.1. The van der Waals surface area contributed by atoms with Gasteiger partial charge in [0.1, 0.15) is 11.6 Å². The minimum Gasteiger partial charge on any atom is -0.493 e. The van der Waals surface area contributed by atoms with Crippen LogP contribution in [0, 0.1) is 19.7 Å². The number of carbonyl (C=O) groups is 2. The van der Waals surface area contributed by atoms with Crippen LogP contribution in [0.15, 0.2) is 30.3 Å². The molecule has 25 heavy (non-hydrogen) atoms. The van der Waals surface area contributed by atoms with Gasteiger partial charge in [-0.25, -0.2) is 9.18 Å². The zero-order valence-corrected chi connectivity index (χ0v) is 13.9. The lowest BCUT2D eigenvalue weighted by Crippen LogP contribution is -2.34. The van der Waals surface area contributed by atoms with Crippen LogP contribution in [0.5, 0.6) is 5.75 Å². The molecule has 0 aromatic heterocycles. The highest BCUT2D eigenvalue weighted by molar-refractivity contribution is 5.97. The first-order valence-corrected chi connectivity index (χ1v) is 7.93. The number of carbonyl (C=O) groups excluding carboxylic acids is 1. The molecule has 2 N–H and O–H groups in total. The fraction of sp³-hybridized carbons (Fsp3) is 0.263. The second-order valence-corrected chi connectivity index (χ2v) is 6.13. The summed E-state index contributed by atoms with van der Waals surface area (Å²) in [5, 5.41) is 12.0. The van der Waals surface area contributed by atoms with E-state index in [9.17, 15) is 19.1 Å². The summed E-state index contributed by atoms with van der Waals surface area (Å²) < 4.78 is 19.1. The van der Waals surface area contributed by atoms with E-state index in [0.717, 1.165) is 11.3 Å². The SMILES string of the molecule is Cc1cc(C(=O)NC(C(=O)O)c2ccc3c(c2)CCO3)cc(C)c1F. The van der Waals surface area contributed by atoms with Crippen molar-refractivity contribution in [3.8, 4) is 5.75 Å². The Labute approximate surface area is 144 Å². The van der Waals surface area contributed by atoms with Crippen LogP contribution in [0.4, 0.5) is 4.39 Å². The van der Waals surface area contributed by atoms with E-state index in [4.69, 9.17) is 4.74 Å². The molecule has 1 amide bonds. The van der Waals surface area contributed by atoms with Gasteiger partial charge in [0, 0.05) is 12.0 Å². The van der Waals surface area contributed by atoms with Gasteiger partial charge in [0.25, 0.3) is 5.91 Å².